The van der Waals surface area contributed by atoms with Crippen molar-refractivity contribution in [1.29, 1.82) is 0 Å². The summed E-state index contributed by atoms with van der Waals surface area (Å²) in [6, 6.07) is 6.46. The summed E-state index contributed by atoms with van der Waals surface area (Å²) in [5, 5.41) is 2.76. The molecule has 3 N–H and O–H groups in total. The van der Waals surface area contributed by atoms with Crippen LogP contribution >= 0.6 is 0 Å². The molecule has 1 atom stereocenters. The van der Waals surface area contributed by atoms with Crippen LogP contribution in [0.25, 0.3) is 0 Å². The molecule has 0 aliphatic carbocycles. The summed E-state index contributed by atoms with van der Waals surface area (Å²) in [6.45, 7) is 4.15. The van der Waals surface area contributed by atoms with E-state index in [0.717, 1.165) is 6.42 Å². The van der Waals surface area contributed by atoms with Gasteiger partial charge in [-0.3, -0.25) is 9.59 Å². The number of hydrogen-bond donors (Lipinski definition) is 2. The first kappa shape index (κ1) is 18.2. The van der Waals surface area contributed by atoms with E-state index < -0.39 is 6.04 Å². The van der Waals surface area contributed by atoms with Crippen LogP contribution in [-0.2, 0) is 14.3 Å². The normalized spacial score (nSPS) is 15.7. The first-order valence-corrected chi connectivity index (χ1v) is 8.25. The van der Waals surface area contributed by atoms with E-state index in [-0.39, 0.29) is 18.4 Å². The smallest absolute Gasteiger partial charge is 0.260 e. The SMILES string of the molecule is CCCC(N)C(=O)Nc1ccccc1OCC(=O)N1CCOCC1. The number of amides is 2. The van der Waals surface area contributed by atoms with E-state index >= 15 is 0 Å². The third-order valence-corrected chi connectivity index (χ3v) is 3.80. The minimum Gasteiger partial charge on any atom is -0.482 e. The Kier molecular flexibility index (Phi) is 7.02. The average Bonchev–Trinajstić information content (AvgIpc) is 2.61. The summed E-state index contributed by atoms with van der Waals surface area (Å²) < 4.78 is 10.8. The highest BCUT2D eigenvalue weighted by Gasteiger charge is 2.18. The van der Waals surface area contributed by atoms with Crippen LogP contribution in [0.1, 0.15) is 19.8 Å². The molecular formula is C17H25N3O4. The van der Waals surface area contributed by atoms with Crippen molar-refractivity contribution < 1.29 is 19.1 Å². The van der Waals surface area contributed by atoms with Crippen LogP contribution in [-0.4, -0.2) is 55.7 Å². The Bertz CT molecular complexity index is 559. The molecule has 1 fully saturated rings. The van der Waals surface area contributed by atoms with Crippen LogP contribution in [0.4, 0.5) is 5.69 Å². The summed E-state index contributed by atoms with van der Waals surface area (Å²) in [5.41, 5.74) is 6.34. The summed E-state index contributed by atoms with van der Waals surface area (Å²) in [7, 11) is 0. The van der Waals surface area contributed by atoms with Gasteiger partial charge in [0.2, 0.25) is 5.91 Å². The number of hydrogen-bond acceptors (Lipinski definition) is 5. The average molecular weight is 335 g/mol. The maximum atomic E-state index is 12.1. The second-order valence-corrected chi connectivity index (χ2v) is 5.66. The van der Waals surface area contributed by atoms with Crippen LogP contribution < -0.4 is 15.8 Å². The largest absolute Gasteiger partial charge is 0.482 e. The van der Waals surface area contributed by atoms with Crippen LogP contribution in [0.5, 0.6) is 5.75 Å². The standard InChI is InChI=1S/C17H25N3O4/c1-2-5-13(18)17(22)19-14-6-3-4-7-15(14)24-12-16(21)20-8-10-23-11-9-20/h3-4,6-7,13H,2,5,8-12,18H2,1H3,(H,19,22). The molecule has 0 spiro atoms. The number of nitrogens with one attached hydrogen (secondary N) is 1. The molecule has 1 aliphatic rings. The lowest BCUT2D eigenvalue weighted by Gasteiger charge is -2.26. The quantitative estimate of drug-likeness (QED) is 0.775. The molecule has 1 aromatic rings. The van der Waals surface area contributed by atoms with Gasteiger partial charge in [0, 0.05) is 13.1 Å². The fraction of sp³-hybridized carbons (Fsp3) is 0.529. The van der Waals surface area contributed by atoms with Crippen molar-refractivity contribution in [3.63, 3.8) is 0 Å². The van der Waals surface area contributed by atoms with Crippen molar-refractivity contribution in [2.75, 3.05) is 38.2 Å². The second kappa shape index (κ2) is 9.24. The predicted octanol–water partition coefficient (Wildman–Crippen LogP) is 0.990. The number of carbonyl (C=O) groups excluding carboxylic acids is 2. The molecule has 0 radical (unpaired) electrons. The van der Waals surface area contributed by atoms with Gasteiger partial charge >= 0.3 is 0 Å². The number of rotatable bonds is 7. The van der Waals surface area contributed by atoms with Gasteiger partial charge in [-0.05, 0) is 18.6 Å². The van der Waals surface area contributed by atoms with Gasteiger partial charge in [-0.2, -0.15) is 0 Å². The van der Waals surface area contributed by atoms with Gasteiger partial charge in [-0.1, -0.05) is 25.5 Å². The molecule has 1 heterocycles. The summed E-state index contributed by atoms with van der Waals surface area (Å²) in [5.74, 6) is 0.102. The number of carbonyl (C=O) groups is 2. The number of ether oxygens (including phenoxy) is 2. The van der Waals surface area contributed by atoms with E-state index in [2.05, 4.69) is 5.32 Å². The lowest BCUT2D eigenvalue weighted by atomic mass is 10.1. The second-order valence-electron chi connectivity index (χ2n) is 5.66. The third-order valence-electron chi connectivity index (χ3n) is 3.80. The lowest BCUT2D eigenvalue weighted by molar-refractivity contribution is -0.137. The first-order valence-electron chi connectivity index (χ1n) is 8.25. The Hall–Kier alpha value is -2.12. The zero-order valence-electron chi connectivity index (χ0n) is 14.0. The lowest BCUT2D eigenvalue weighted by Crippen LogP contribution is -2.43. The monoisotopic (exact) mass is 335 g/mol. The van der Waals surface area contributed by atoms with Crippen molar-refractivity contribution in [1.82, 2.24) is 4.90 Å². The zero-order chi connectivity index (χ0) is 17.4. The molecule has 1 aliphatic heterocycles. The van der Waals surface area contributed by atoms with E-state index in [1.807, 2.05) is 6.92 Å². The van der Waals surface area contributed by atoms with E-state index in [1.54, 1.807) is 29.2 Å². The van der Waals surface area contributed by atoms with E-state index in [4.69, 9.17) is 15.2 Å². The molecule has 0 aromatic heterocycles. The zero-order valence-corrected chi connectivity index (χ0v) is 14.0. The van der Waals surface area contributed by atoms with Gasteiger partial charge in [0.05, 0.1) is 24.9 Å². The Labute approximate surface area is 142 Å². The summed E-state index contributed by atoms with van der Waals surface area (Å²) >= 11 is 0. The van der Waals surface area contributed by atoms with E-state index in [1.165, 1.54) is 0 Å². The molecule has 132 valence electrons. The maximum Gasteiger partial charge on any atom is 0.260 e. The minimum atomic E-state index is -0.557. The minimum absolute atomic E-state index is 0.0755. The van der Waals surface area contributed by atoms with Crippen molar-refractivity contribution in [2.45, 2.75) is 25.8 Å². The fourth-order valence-corrected chi connectivity index (χ4v) is 2.41. The Morgan fingerprint density at radius 2 is 2.04 bits per heavy atom. The number of para-hydroxylation sites is 2. The van der Waals surface area contributed by atoms with E-state index in [0.29, 0.717) is 44.2 Å². The molecule has 2 amide bonds. The summed E-state index contributed by atoms with van der Waals surface area (Å²) in [4.78, 5) is 25.9. The van der Waals surface area contributed by atoms with Gasteiger partial charge in [0.25, 0.3) is 5.91 Å². The number of anilines is 1. The Morgan fingerprint density at radius 1 is 1.33 bits per heavy atom. The van der Waals surface area contributed by atoms with Crippen molar-refractivity contribution in [3.8, 4) is 5.75 Å². The van der Waals surface area contributed by atoms with Crippen molar-refractivity contribution >= 4 is 17.5 Å². The molecular weight excluding hydrogens is 310 g/mol. The highest BCUT2D eigenvalue weighted by molar-refractivity contribution is 5.96. The highest BCUT2D eigenvalue weighted by Crippen LogP contribution is 2.24. The Morgan fingerprint density at radius 3 is 2.75 bits per heavy atom. The number of nitrogens with two attached hydrogens (primary N) is 1. The topological polar surface area (TPSA) is 93.9 Å². The molecule has 7 nitrogen and oxygen atoms in total. The molecule has 2 rings (SSSR count). The highest BCUT2D eigenvalue weighted by atomic mass is 16.5. The molecule has 7 heteroatoms. The first-order chi connectivity index (χ1) is 11.6. The fourth-order valence-electron chi connectivity index (χ4n) is 2.41. The predicted molar refractivity (Wildman–Crippen MR) is 90.8 cm³/mol. The number of nitrogens with zero attached hydrogens (tertiary/aromatic N) is 1. The van der Waals surface area contributed by atoms with Gasteiger partial charge in [0.15, 0.2) is 6.61 Å². The van der Waals surface area contributed by atoms with E-state index in [9.17, 15) is 9.59 Å². The van der Waals surface area contributed by atoms with Gasteiger partial charge < -0.3 is 25.4 Å². The van der Waals surface area contributed by atoms with Gasteiger partial charge in [0.1, 0.15) is 5.75 Å². The van der Waals surface area contributed by atoms with Gasteiger partial charge in [-0.15, -0.1) is 0 Å². The van der Waals surface area contributed by atoms with Crippen LogP contribution in [0.3, 0.4) is 0 Å². The van der Waals surface area contributed by atoms with Crippen molar-refractivity contribution in [3.05, 3.63) is 24.3 Å². The Balaban J connectivity index is 1.93. The molecule has 0 saturated carbocycles. The van der Waals surface area contributed by atoms with Crippen molar-refractivity contribution in [2.24, 2.45) is 5.73 Å². The molecule has 24 heavy (non-hydrogen) atoms. The van der Waals surface area contributed by atoms with Crippen LogP contribution in [0, 0.1) is 0 Å². The van der Waals surface area contributed by atoms with Gasteiger partial charge in [-0.25, -0.2) is 0 Å². The maximum absolute atomic E-state index is 12.1. The number of morpholine rings is 1. The number of benzene rings is 1. The summed E-state index contributed by atoms with van der Waals surface area (Å²) in [6.07, 6.45) is 1.45. The molecule has 0 bridgehead atoms. The van der Waals surface area contributed by atoms with Crippen LogP contribution in [0.15, 0.2) is 24.3 Å². The third kappa shape index (κ3) is 5.21. The van der Waals surface area contributed by atoms with Crippen LogP contribution in [0.2, 0.25) is 0 Å². The molecule has 1 saturated heterocycles. The molecule has 1 unspecified atom stereocenters. The molecule has 1 aromatic carbocycles.